The van der Waals surface area contributed by atoms with Gasteiger partial charge in [0.1, 0.15) is 5.82 Å². The van der Waals surface area contributed by atoms with Crippen LogP contribution in [0.4, 0.5) is 4.39 Å². The van der Waals surface area contributed by atoms with Crippen LogP contribution < -0.4 is 4.72 Å². The van der Waals surface area contributed by atoms with Crippen LogP contribution in [0.2, 0.25) is 0 Å². The second-order valence-electron chi connectivity index (χ2n) is 6.63. The van der Waals surface area contributed by atoms with E-state index in [2.05, 4.69) is 9.62 Å². The molecule has 0 unspecified atom stereocenters. The Hall–Kier alpha value is -1.02. The first-order valence-corrected chi connectivity index (χ1v) is 10.1. The molecule has 2 fully saturated rings. The molecule has 1 aromatic rings. The molecule has 2 aliphatic heterocycles. The predicted octanol–water partition coefficient (Wildman–Crippen LogP) is 1.99. The highest BCUT2D eigenvalue weighted by atomic mass is 32.2. The minimum atomic E-state index is -3.64. The van der Waals surface area contributed by atoms with Crippen molar-refractivity contribution in [3.05, 3.63) is 30.1 Å². The minimum Gasteiger partial charge on any atom is -0.381 e. The van der Waals surface area contributed by atoms with E-state index in [9.17, 15) is 12.8 Å². The molecule has 0 spiro atoms. The SMILES string of the molecule is O=S(=O)(NCC1CCN(C2CCOCC2)CC1)c1cccc(F)c1. The summed E-state index contributed by atoms with van der Waals surface area (Å²) in [6.07, 6.45) is 4.17. The van der Waals surface area contributed by atoms with Crippen LogP contribution in [0.5, 0.6) is 0 Å². The third-order valence-corrected chi connectivity index (χ3v) is 6.45. The summed E-state index contributed by atoms with van der Waals surface area (Å²) in [6, 6.07) is 5.74. The highest BCUT2D eigenvalue weighted by Gasteiger charge is 2.27. The minimum absolute atomic E-state index is 0.0119. The van der Waals surface area contributed by atoms with Crippen molar-refractivity contribution in [1.82, 2.24) is 9.62 Å². The van der Waals surface area contributed by atoms with Crippen LogP contribution in [0.25, 0.3) is 0 Å². The van der Waals surface area contributed by atoms with Gasteiger partial charge in [-0.15, -0.1) is 0 Å². The second kappa shape index (κ2) is 7.91. The number of ether oxygens (including phenoxy) is 1. The predicted molar refractivity (Wildman–Crippen MR) is 89.7 cm³/mol. The van der Waals surface area contributed by atoms with Gasteiger partial charge in [-0.05, 0) is 62.9 Å². The van der Waals surface area contributed by atoms with Crippen LogP contribution in [0, 0.1) is 11.7 Å². The molecule has 0 aliphatic carbocycles. The Morgan fingerprint density at radius 2 is 1.88 bits per heavy atom. The Kier molecular flexibility index (Phi) is 5.86. The van der Waals surface area contributed by atoms with Crippen molar-refractivity contribution in [2.75, 3.05) is 32.8 Å². The molecule has 0 aromatic heterocycles. The first-order chi connectivity index (χ1) is 11.5. The fourth-order valence-electron chi connectivity index (χ4n) is 3.52. The molecular weight excluding hydrogens is 331 g/mol. The van der Waals surface area contributed by atoms with Gasteiger partial charge in [0, 0.05) is 25.8 Å². The van der Waals surface area contributed by atoms with Gasteiger partial charge in [0.25, 0.3) is 0 Å². The van der Waals surface area contributed by atoms with Gasteiger partial charge in [-0.25, -0.2) is 17.5 Å². The van der Waals surface area contributed by atoms with Crippen LogP contribution in [-0.4, -0.2) is 52.2 Å². The average molecular weight is 356 g/mol. The van der Waals surface area contributed by atoms with E-state index in [0.717, 1.165) is 58.1 Å². The molecule has 3 rings (SSSR count). The summed E-state index contributed by atoms with van der Waals surface area (Å²) < 4.78 is 45.7. The number of nitrogens with zero attached hydrogens (tertiary/aromatic N) is 1. The Balaban J connectivity index is 1.48. The summed E-state index contributed by atoms with van der Waals surface area (Å²) in [4.78, 5) is 2.50. The molecule has 0 bridgehead atoms. The summed E-state index contributed by atoms with van der Waals surface area (Å²) in [5.41, 5.74) is 0. The lowest BCUT2D eigenvalue weighted by molar-refractivity contribution is 0.0214. The van der Waals surface area contributed by atoms with Crippen molar-refractivity contribution in [3.8, 4) is 0 Å². The average Bonchev–Trinajstić information content (AvgIpc) is 2.61. The van der Waals surface area contributed by atoms with Crippen LogP contribution in [0.1, 0.15) is 25.7 Å². The molecular formula is C17H25FN2O3S. The van der Waals surface area contributed by atoms with Crippen molar-refractivity contribution >= 4 is 10.0 Å². The molecule has 0 amide bonds. The first-order valence-electron chi connectivity index (χ1n) is 8.61. The first kappa shape index (κ1) is 17.8. The molecule has 5 nitrogen and oxygen atoms in total. The highest BCUT2D eigenvalue weighted by molar-refractivity contribution is 7.89. The maximum absolute atomic E-state index is 13.2. The summed E-state index contributed by atoms with van der Waals surface area (Å²) >= 11 is 0. The standard InChI is InChI=1S/C17H25FN2O3S/c18-15-2-1-3-17(12-15)24(21,22)19-13-14-4-8-20(9-5-14)16-6-10-23-11-7-16/h1-3,12,14,16,19H,4-11,13H2. The molecule has 134 valence electrons. The smallest absolute Gasteiger partial charge is 0.240 e. The van der Waals surface area contributed by atoms with Crippen molar-refractivity contribution in [1.29, 1.82) is 0 Å². The maximum atomic E-state index is 13.2. The van der Waals surface area contributed by atoms with Gasteiger partial charge in [0.2, 0.25) is 10.0 Å². The molecule has 2 heterocycles. The van der Waals surface area contributed by atoms with Crippen molar-refractivity contribution in [2.24, 2.45) is 5.92 Å². The monoisotopic (exact) mass is 356 g/mol. The fourth-order valence-corrected chi connectivity index (χ4v) is 4.66. The zero-order chi connectivity index (χ0) is 17.0. The van der Waals surface area contributed by atoms with Gasteiger partial charge in [-0.2, -0.15) is 0 Å². The lowest BCUT2D eigenvalue weighted by atomic mass is 9.94. The number of hydrogen-bond acceptors (Lipinski definition) is 4. The number of piperidine rings is 1. The Bertz CT molecular complexity index is 639. The van der Waals surface area contributed by atoms with Gasteiger partial charge in [0.05, 0.1) is 4.90 Å². The maximum Gasteiger partial charge on any atom is 0.240 e. The van der Waals surface area contributed by atoms with E-state index >= 15 is 0 Å². The van der Waals surface area contributed by atoms with Gasteiger partial charge in [-0.1, -0.05) is 6.07 Å². The highest BCUT2D eigenvalue weighted by Crippen LogP contribution is 2.23. The van der Waals surface area contributed by atoms with Crippen LogP contribution in [0.3, 0.4) is 0 Å². The second-order valence-corrected chi connectivity index (χ2v) is 8.40. The number of nitrogens with one attached hydrogen (secondary N) is 1. The van der Waals surface area contributed by atoms with Gasteiger partial charge < -0.3 is 9.64 Å². The normalized spacial score (nSPS) is 21.9. The lowest BCUT2D eigenvalue weighted by Crippen LogP contribution is -2.45. The number of halogens is 1. The van der Waals surface area contributed by atoms with Gasteiger partial charge in [-0.3, -0.25) is 0 Å². The fraction of sp³-hybridized carbons (Fsp3) is 0.647. The summed E-state index contributed by atoms with van der Waals surface area (Å²) in [5.74, 6) is -0.202. The number of sulfonamides is 1. The van der Waals surface area contributed by atoms with Crippen LogP contribution >= 0.6 is 0 Å². The third-order valence-electron chi connectivity index (χ3n) is 5.02. The zero-order valence-corrected chi connectivity index (χ0v) is 14.6. The van der Waals surface area contributed by atoms with Crippen LogP contribution in [-0.2, 0) is 14.8 Å². The number of benzene rings is 1. The van der Waals surface area contributed by atoms with E-state index in [1.54, 1.807) is 0 Å². The molecule has 2 aliphatic rings. The van der Waals surface area contributed by atoms with E-state index < -0.39 is 15.8 Å². The topological polar surface area (TPSA) is 58.6 Å². The number of hydrogen-bond donors (Lipinski definition) is 1. The largest absolute Gasteiger partial charge is 0.381 e. The van der Waals surface area contributed by atoms with E-state index in [0.29, 0.717) is 18.5 Å². The summed E-state index contributed by atoms with van der Waals surface area (Å²) in [6.45, 7) is 4.13. The van der Waals surface area contributed by atoms with Crippen molar-refractivity contribution in [3.63, 3.8) is 0 Å². The van der Waals surface area contributed by atoms with Gasteiger partial charge >= 0.3 is 0 Å². The van der Waals surface area contributed by atoms with Gasteiger partial charge in [0.15, 0.2) is 0 Å². The molecule has 2 saturated heterocycles. The Morgan fingerprint density at radius 1 is 1.17 bits per heavy atom. The molecule has 7 heteroatoms. The van der Waals surface area contributed by atoms with E-state index in [4.69, 9.17) is 4.74 Å². The molecule has 1 N–H and O–H groups in total. The van der Waals surface area contributed by atoms with Crippen molar-refractivity contribution in [2.45, 2.75) is 36.6 Å². The molecule has 0 saturated carbocycles. The molecule has 1 aromatic carbocycles. The van der Waals surface area contributed by atoms with Crippen LogP contribution in [0.15, 0.2) is 29.2 Å². The van der Waals surface area contributed by atoms with E-state index in [1.165, 1.54) is 18.2 Å². The van der Waals surface area contributed by atoms with E-state index in [1.807, 2.05) is 0 Å². The van der Waals surface area contributed by atoms with E-state index in [-0.39, 0.29) is 4.90 Å². The molecule has 0 atom stereocenters. The molecule has 24 heavy (non-hydrogen) atoms. The van der Waals surface area contributed by atoms with Crippen molar-refractivity contribution < 1.29 is 17.5 Å². The summed E-state index contributed by atoms with van der Waals surface area (Å²) in [7, 11) is -3.64. The zero-order valence-electron chi connectivity index (χ0n) is 13.8. The Labute approximate surface area is 143 Å². The number of rotatable bonds is 5. The third kappa shape index (κ3) is 4.53. The Morgan fingerprint density at radius 3 is 2.54 bits per heavy atom. The molecule has 0 radical (unpaired) electrons. The lowest BCUT2D eigenvalue weighted by Gasteiger charge is -2.39. The quantitative estimate of drug-likeness (QED) is 0.877. The number of likely N-dealkylation sites (tertiary alicyclic amines) is 1. The summed E-state index contributed by atoms with van der Waals surface area (Å²) in [5, 5.41) is 0.